The summed E-state index contributed by atoms with van der Waals surface area (Å²) in [5, 5.41) is 0. The van der Waals surface area contributed by atoms with E-state index in [-0.39, 0.29) is 0 Å². The molecule has 0 aromatic carbocycles. The molecule has 1 saturated carbocycles. The average Bonchev–Trinajstić information content (AvgIpc) is 2.32. The first-order chi connectivity index (χ1) is 5.54. The maximum absolute atomic E-state index is 3.76. The molecule has 72 valence electrons. The van der Waals surface area contributed by atoms with E-state index in [0.29, 0.717) is 0 Å². The molecule has 0 amide bonds. The minimum Gasteiger partial charge on any atom is -0.0888 e. The smallest absolute Gasteiger partial charge is 0.0174 e. The summed E-state index contributed by atoms with van der Waals surface area (Å²) in [4.78, 5) is 0.781. The van der Waals surface area contributed by atoms with Gasteiger partial charge in [0, 0.05) is 4.83 Å². The first-order valence-electron chi connectivity index (χ1n) is 5.18. The van der Waals surface area contributed by atoms with E-state index in [4.69, 9.17) is 0 Å². The van der Waals surface area contributed by atoms with Crippen LogP contribution in [0.5, 0.6) is 0 Å². The normalized spacial score (nSPS) is 39.0. The number of alkyl halides is 1. The maximum atomic E-state index is 3.76. The van der Waals surface area contributed by atoms with E-state index in [1.54, 1.807) is 0 Å². The Morgan fingerprint density at radius 3 is 2.08 bits per heavy atom. The van der Waals surface area contributed by atoms with Crippen molar-refractivity contribution in [2.75, 3.05) is 0 Å². The fraction of sp³-hybridized carbons (Fsp3) is 1.00. The van der Waals surface area contributed by atoms with Crippen LogP contribution in [-0.4, -0.2) is 4.83 Å². The van der Waals surface area contributed by atoms with E-state index in [2.05, 4.69) is 43.6 Å². The second-order valence-corrected chi connectivity index (χ2v) is 5.90. The highest BCUT2D eigenvalue weighted by molar-refractivity contribution is 9.09. The molecule has 0 spiro atoms. The predicted molar refractivity (Wildman–Crippen MR) is 58.6 cm³/mol. The van der Waals surface area contributed by atoms with E-state index >= 15 is 0 Å². The Morgan fingerprint density at radius 1 is 1.17 bits per heavy atom. The first kappa shape index (κ1) is 10.6. The molecule has 1 fully saturated rings. The quantitative estimate of drug-likeness (QED) is 0.630. The van der Waals surface area contributed by atoms with Crippen molar-refractivity contribution in [3.05, 3.63) is 0 Å². The zero-order chi connectivity index (χ0) is 9.30. The van der Waals surface area contributed by atoms with Gasteiger partial charge >= 0.3 is 0 Å². The van der Waals surface area contributed by atoms with Crippen LogP contribution in [0, 0.1) is 23.7 Å². The maximum Gasteiger partial charge on any atom is 0.0174 e. The summed E-state index contributed by atoms with van der Waals surface area (Å²) in [5.74, 6) is 3.56. The van der Waals surface area contributed by atoms with E-state index in [9.17, 15) is 0 Å². The van der Waals surface area contributed by atoms with Crippen molar-refractivity contribution in [1.82, 2.24) is 0 Å². The van der Waals surface area contributed by atoms with Crippen molar-refractivity contribution >= 4 is 15.9 Å². The summed E-state index contributed by atoms with van der Waals surface area (Å²) in [6, 6.07) is 0. The van der Waals surface area contributed by atoms with Gasteiger partial charge in [0.25, 0.3) is 0 Å². The van der Waals surface area contributed by atoms with Crippen LogP contribution in [0.2, 0.25) is 0 Å². The van der Waals surface area contributed by atoms with Gasteiger partial charge in [-0.3, -0.25) is 0 Å². The Bertz CT molecular complexity index is 142. The predicted octanol–water partition coefficient (Wildman–Crippen LogP) is 4.09. The number of halogens is 1. The third-order valence-electron chi connectivity index (χ3n) is 3.75. The molecule has 0 N–H and O–H groups in total. The lowest BCUT2D eigenvalue weighted by atomic mass is 9.80. The van der Waals surface area contributed by atoms with Crippen LogP contribution in [0.25, 0.3) is 0 Å². The Labute approximate surface area is 85.3 Å². The van der Waals surface area contributed by atoms with Gasteiger partial charge in [-0.1, -0.05) is 43.6 Å². The van der Waals surface area contributed by atoms with Crippen molar-refractivity contribution in [3.63, 3.8) is 0 Å². The molecule has 4 unspecified atom stereocenters. The molecule has 0 saturated heterocycles. The van der Waals surface area contributed by atoms with Crippen molar-refractivity contribution in [2.45, 2.75) is 45.4 Å². The van der Waals surface area contributed by atoms with Crippen LogP contribution in [-0.2, 0) is 0 Å². The lowest BCUT2D eigenvalue weighted by molar-refractivity contribution is 0.235. The van der Waals surface area contributed by atoms with Gasteiger partial charge in [-0.2, -0.15) is 0 Å². The molecule has 0 radical (unpaired) electrons. The van der Waals surface area contributed by atoms with Gasteiger partial charge in [0.1, 0.15) is 0 Å². The number of hydrogen-bond donors (Lipinski definition) is 0. The zero-order valence-electron chi connectivity index (χ0n) is 8.68. The highest BCUT2D eigenvalue weighted by atomic mass is 79.9. The fourth-order valence-corrected chi connectivity index (χ4v) is 3.04. The van der Waals surface area contributed by atoms with Gasteiger partial charge in [-0.05, 0) is 36.5 Å². The van der Waals surface area contributed by atoms with Crippen molar-refractivity contribution in [1.29, 1.82) is 0 Å². The molecular formula is C11H21Br. The molecular weight excluding hydrogens is 212 g/mol. The molecule has 1 heteroatoms. The lowest BCUT2D eigenvalue weighted by Crippen LogP contribution is -2.21. The third kappa shape index (κ3) is 2.04. The molecule has 0 heterocycles. The fourth-order valence-electron chi connectivity index (χ4n) is 2.38. The molecule has 4 atom stereocenters. The van der Waals surface area contributed by atoms with Crippen molar-refractivity contribution in [3.8, 4) is 0 Å². The lowest BCUT2D eigenvalue weighted by Gasteiger charge is -2.27. The molecule has 0 bridgehead atoms. The van der Waals surface area contributed by atoms with E-state index in [0.717, 1.165) is 28.5 Å². The monoisotopic (exact) mass is 232 g/mol. The summed E-state index contributed by atoms with van der Waals surface area (Å²) < 4.78 is 0. The highest BCUT2D eigenvalue weighted by Crippen LogP contribution is 2.42. The minimum absolute atomic E-state index is 0.781. The van der Waals surface area contributed by atoms with Crippen molar-refractivity contribution in [2.24, 2.45) is 23.7 Å². The Kier molecular flexibility index (Phi) is 3.63. The Morgan fingerprint density at radius 2 is 1.75 bits per heavy atom. The van der Waals surface area contributed by atoms with Gasteiger partial charge in [0.2, 0.25) is 0 Å². The second-order valence-electron chi connectivity index (χ2n) is 4.72. The molecule has 1 aliphatic carbocycles. The molecule has 0 aromatic rings. The van der Waals surface area contributed by atoms with E-state index in [1.807, 2.05) is 0 Å². The van der Waals surface area contributed by atoms with Crippen LogP contribution in [0.1, 0.15) is 40.5 Å². The van der Waals surface area contributed by atoms with Gasteiger partial charge < -0.3 is 0 Å². The van der Waals surface area contributed by atoms with Gasteiger partial charge in [0.15, 0.2) is 0 Å². The molecule has 12 heavy (non-hydrogen) atoms. The first-order valence-corrected chi connectivity index (χ1v) is 6.09. The van der Waals surface area contributed by atoms with Gasteiger partial charge in [-0.25, -0.2) is 0 Å². The summed E-state index contributed by atoms with van der Waals surface area (Å²) in [5.41, 5.74) is 0. The second kappa shape index (κ2) is 4.13. The largest absolute Gasteiger partial charge is 0.0888 e. The molecule has 0 nitrogen and oxygen atoms in total. The molecule has 0 aromatic heterocycles. The standard InChI is InChI=1S/C11H21Br/c1-7(2)8(3)10-5-6-11(12)9(10)4/h7-11H,5-6H2,1-4H3. The summed E-state index contributed by atoms with van der Waals surface area (Å²) in [6.45, 7) is 9.50. The highest BCUT2D eigenvalue weighted by Gasteiger charge is 2.35. The van der Waals surface area contributed by atoms with Gasteiger partial charge in [0.05, 0.1) is 0 Å². The van der Waals surface area contributed by atoms with E-state index in [1.165, 1.54) is 12.8 Å². The average molecular weight is 233 g/mol. The number of rotatable bonds is 2. The third-order valence-corrected chi connectivity index (χ3v) is 5.04. The molecule has 1 aliphatic rings. The summed E-state index contributed by atoms with van der Waals surface area (Å²) in [6.07, 6.45) is 2.80. The molecule has 1 rings (SSSR count). The van der Waals surface area contributed by atoms with Crippen LogP contribution in [0.15, 0.2) is 0 Å². The van der Waals surface area contributed by atoms with E-state index < -0.39 is 0 Å². The zero-order valence-corrected chi connectivity index (χ0v) is 10.3. The Balaban J connectivity index is 2.53. The SMILES string of the molecule is CC(C)C(C)C1CCC(Br)C1C. The topological polar surface area (TPSA) is 0 Å². The summed E-state index contributed by atoms with van der Waals surface area (Å²) >= 11 is 3.76. The van der Waals surface area contributed by atoms with Crippen LogP contribution in [0.4, 0.5) is 0 Å². The van der Waals surface area contributed by atoms with Crippen LogP contribution >= 0.6 is 15.9 Å². The Hall–Kier alpha value is 0.480. The minimum atomic E-state index is 0.781. The van der Waals surface area contributed by atoms with Gasteiger partial charge in [-0.15, -0.1) is 0 Å². The van der Waals surface area contributed by atoms with Crippen LogP contribution in [0.3, 0.4) is 0 Å². The molecule has 0 aliphatic heterocycles. The van der Waals surface area contributed by atoms with Crippen LogP contribution < -0.4 is 0 Å². The summed E-state index contributed by atoms with van der Waals surface area (Å²) in [7, 11) is 0. The van der Waals surface area contributed by atoms with Crippen molar-refractivity contribution < 1.29 is 0 Å². The number of hydrogen-bond acceptors (Lipinski definition) is 0.